The highest BCUT2D eigenvalue weighted by Crippen LogP contribution is 2.44. The van der Waals surface area contributed by atoms with Gasteiger partial charge in [0.05, 0.1) is 23.9 Å². The molecule has 0 radical (unpaired) electrons. The van der Waals surface area contributed by atoms with Gasteiger partial charge in [-0.2, -0.15) is 5.10 Å². The van der Waals surface area contributed by atoms with Crippen LogP contribution in [0, 0.1) is 5.92 Å². The van der Waals surface area contributed by atoms with Crippen molar-refractivity contribution in [2.75, 3.05) is 6.54 Å². The van der Waals surface area contributed by atoms with Crippen molar-refractivity contribution in [2.24, 2.45) is 5.92 Å². The van der Waals surface area contributed by atoms with E-state index < -0.39 is 0 Å². The lowest BCUT2D eigenvalue weighted by molar-refractivity contribution is 0.0849. The van der Waals surface area contributed by atoms with Gasteiger partial charge in [-0.25, -0.2) is 0 Å². The maximum Gasteiger partial charge on any atom is 0.0627 e. The molecular formula is C15H25N3O. The molecular weight excluding hydrogens is 238 g/mol. The second-order valence-electron chi connectivity index (χ2n) is 5.78. The Bertz CT molecular complexity index is 417. The van der Waals surface area contributed by atoms with E-state index in [2.05, 4.69) is 35.0 Å². The molecule has 0 aliphatic carbocycles. The van der Waals surface area contributed by atoms with Crippen LogP contribution in [0.4, 0.5) is 0 Å². The Balaban J connectivity index is 1.81. The van der Waals surface area contributed by atoms with E-state index in [0.717, 1.165) is 13.1 Å². The van der Waals surface area contributed by atoms with Crippen LogP contribution >= 0.6 is 0 Å². The minimum Gasteiger partial charge on any atom is -0.375 e. The van der Waals surface area contributed by atoms with Gasteiger partial charge >= 0.3 is 0 Å². The van der Waals surface area contributed by atoms with Crippen molar-refractivity contribution in [3.63, 3.8) is 0 Å². The van der Waals surface area contributed by atoms with Crippen LogP contribution in [-0.2, 0) is 11.3 Å². The van der Waals surface area contributed by atoms with Crippen LogP contribution in [0.2, 0.25) is 0 Å². The van der Waals surface area contributed by atoms with Crippen molar-refractivity contribution in [3.05, 3.63) is 18.0 Å². The molecule has 1 aromatic rings. The molecule has 2 fully saturated rings. The van der Waals surface area contributed by atoms with Crippen molar-refractivity contribution < 1.29 is 4.74 Å². The molecule has 4 heteroatoms. The normalized spacial score (nSPS) is 30.9. The first-order chi connectivity index (χ1) is 9.33. The summed E-state index contributed by atoms with van der Waals surface area (Å²) in [6.07, 6.45) is 7.76. The second-order valence-corrected chi connectivity index (χ2v) is 5.78. The number of fused-ring (bicyclic) bond motifs is 2. The summed E-state index contributed by atoms with van der Waals surface area (Å²) in [5, 5.41) is 8.17. The first kappa shape index (κ1) is 13.1. The zero-order chi connectivity index (χ0) is 13.2. The monoisotopic (exact) mass is 263 g/mol. The van der Waals surface area contributed by atoms with Gasteiger partial charge < -0.3 is 10.1 Å². The van der Waals surface area contributed by atoms with Gasteiger partial charge in [0.1, 0.15) is 0 Å². The van der Waals surface area contributed by atoms with Crippen LogP contribution < -0.4 is 5.32 Å². The van der Waals surface area contributed by atoms with Crippen molar-refractivity contribution >= 4 is 0 Å². The highest BCUT2D eigenvalue weighted by Gasteiger charge is 2.45. The first-order valence-electron chi connectivity index (χ1n) is 7.74. The van der Waals surface area contributed by atoms with Gasteiger partial charge in [-0.05, 0) is 45.2 Å². The molecule has 0 spiro atoms. The lowest BCUT2D eigenvalue weighted by atomic mass is 9.82. The van der Waals surface area contributed by atoms with Gasteiger partial charge in [0.25, 0.3) is 0 Å². The van der Waals surface area contributed by atoms with E-state index in [1.807, 2.05) is 6.20 Å². The molecule has 0 saturated carbocycles. The quantitative estimate of drug-likeness (QED) is 0.857. The Morgan fingerprint density at radius 1 is 1.47 bits per heavy atom. The third-order valence-corrected chi connectivity index (χ3v) is 4.56. The van der Waals surface area contributed by atoms with E-state index in [1.54, 1.807) is 0 Å². The number of nitrogens with one attached hydrogen (secondary N) is 1. The fourth-order valence-corrected chi connectivity index (χ4v) is 3.67. The predicted molar refractivity (Wildman–Crippen MR) is 74.9 cm³/mol. The molecule has 4 atom stereocenters. The summed E-state index contributed by atoms with van der Waals surface area (Å²) in [6, 6.07) is 2.57. The molecule has 3 heterocycles. The first-order valence-corrected chi connectivity index (χ1v) is 7.74. The molecule has 1 N–H and O–H groups in total. The number of hydrogen-bond acceptors (Lipinski definition) is 3. The van der Waals surface area contributed by atoms with Gasteiger partial charge in [0.15, 0.2) is 0 Å². The van der Waals surface area contributed by atoms with E-state index >= 15 is 0 Å². The molecule has 106 valence electrons. The molecule has 4 nitrogen and oxygen atoms in total. The van der Waals surface area contributed by atoms with Crippen LogP contribution in [0.1, 0.15) is 51.3 Å². The molecule has 2 aliphatic rings. The number of nitrogens with zero attached hydrogens (tertiary/aromatic N) is 2. The Labute approximate surface area is 115 Å². The van der Waals surface area contributed by atoms with Gasteiger partial charge in [-0.15, -0.1) is 0 Å². The summed E-state index contributed by atoms with van der Waals surface area (Å²) in [7, 11) is 0. The molecule has 4 unspecified atom stereocenters. The number of hydrogen-bond donors (Lipinski definition) is 1. The standard InChI is InChI=1S/C15H25N3O/c1-3-8-16-15(13-7-9-17-18(13)4-2)12-10-11-5-6-14(12)19-11/h7,9,11-12,14-16H,3-6,8,10H2,1-2H3. The molecule has 0 amide bonds. The predicted octanol–water partition coefficient (Wildman–Crippen LogP) is 2.51. The SMILES string of the molecule is CCCNC(c1ccnn1CC)C1CC2CCC1O2. The molecule has 19 heavy (non-hydrogen) atoms. The summed E-state index contributed by atoms with van der Waals surface area (Å²) < 4.78 is 8.17. The minimum atomic E-state index is 0.401. The van der Waals surface area contributed by atoms with Crippen LogP contribution in [0.15, 0.2) is 12.3 Å². The van der Waals surface area contributed by atoms with Crippen LogP contribution in [0.25, 0.3) is 0 Å². The number of aryl methyl sites for hydroxylation is 1. The maximum atomic E-state index is 6.05. The van der Waals surface area contributed by atoms with Gasteiger partial charge in [0.2, 0.25) is 0 Å². The Morgan fingerprint density at radius 2 is 2.37 bits per heavy atom. The van der Waals surface area contributed by atoms with E-state index in [9.17, 15) is 0 Å². The summed E-state index contributed by atoms with van der Waals surface area (Å²) in [6.45, 7) is 6.38. The van der Waals surface area contributed by atoms with Crippen LogP contribution in [0.5, 0.6) is 0 Å². The average molecular weight is 263 g/mol. The maximum absolute atomic E-state index is 6.05. The number of rotatable bonds is 6. The molecule has 0 aromatic carbocycles. The highest BCUT2D eigenvalue weighted by molar-refractivity contribution is 5.12. The summed E-state index contributed by atoms with van der Waals surface area (Å²) in [5.41, 5.74) is 1.33. The van der Waals surface area contributed by atoms with E-state index in [4.69, 9.17) is 4.74 Å². The molecule has 3 rings (SSSR count). The summed E-state index contributed by atoms with van der Waals surface area (Å²) in [4.78, 5) is 0. The average Bonchev–Trinajstić information content (AvgIpc) is 3.15. The largest absolute Gasteiger partial charge is 0.375 e. The van der Waals surface area contributed by atoms with Crippen molar-refractivity contribution in [1.82, 2.24) is 15.1 Å². The zero-order valence-electron chi connectivity index (χ0n) is 12.0. The number of aromatic nitrogens is 2. The number of ether oxygens (including phenoxy) is 1. The van der Waals surface area contributed by atoms with Crippen LogP contribution in [-0.4, -0.2) is 28.5 Å². The van der Waals surface area contributed by atoms with E-state index in [-0.39, 0.29) is 0 Å². The lowest BCUT2D eigenvalue weighted by Crippen LogP contribution is -2.35. The smallest absolute Gasteiger partial charge is 0.0627 e. The van der Waals surface area contributed by atoms with Crippen molar-refractivity contribution in [1.29, 1.82) is 0 Å². The Kier molecular flexibility index (Phi) is 3.89. The van der Waals surface area contributed by atoms with Gasteiger partial charge in [-0.1, -0.05) is 6.92 Å². The third kappa shape index (κ3) is 2.43. The van der Waals surface area contributed by atoms with E-state index in [0.29, 0.717) is 24.2 Å². The Hall–Kier alpha value is -0.870. The fraction of sp³-hybridized carbons (Fsp3) is 0.800. The van der Waals surface area contributed by atoms with Gasteiger partial charge in [-0.3, -0.25) is 4.68 Å². The topological polar surface area (TPSA) is 39.1 Å². The molecule has 2 bridgehead atoms. The van der Waals surface area contributed by atoms with E-state index in [1.165, 1.54) is 31.4 Å². The van der Waals surface area contributed by atoms with Crippen molar-refractivity contribution in [3.8, 4) is 0 Å². The zero-order valence-corrected chi connectivity index (χ0v) is 12.0. The lowest BCUT2D eigenvalue weighted by Gasteiger charge is -2.29. The molecule has 2 aliphatic heterocycles. The second kappa shape index (κ2) is 5.63. The molecule has 1 aromatic heterocycles. The minimum absolute atomic E-state index is 0.401. The van der Waals surface area contributed by atoms with Crippen molar-refractivity contribution in [2.45, 2.75) is 64.3 Å². The Morgan fingerprint density at radius 3 is 3.00 bits per heavy atom. The highest BCUT2D eigenvalue weighted by atomic mass is 16.5. The fourth-order valence-electron chi connectivity index (χ4n) is 3.67. The summed E-state index contributed by atoms with van der Waals surface area (Å²) >= 11 is 0. The summed E-state index contributed by atoms with van der Waals surface area (Å²) in [5.74, 6) is 0.618. The van der Waals surface area contributed by atoms with Gasteiger partial charge in [0, 0.05) is 18.7 Å². The third-order valence-electron chi connectivity index (χ3n) is 4.56. The van der Waals surface area contributed by atoms with Crippen LogP contribution in [0.3, 0.4) is 0 Å². The molecule has 2 saturated heterocycles.